The third-order valence-electron chi connectivity index (χ3n) is 8.50. The van der Waals surface area contributed by atoms with Crippen LogP contribution in [-0.4, -0.2) is 53.8 Å². The fraction of sp³-hybridized carbons (Fsp3) is 0.333. The van der Waals surface area contributed by atoms with Crippen molar-refractivity contribution in [2.45, 2.75) is 50.0 Å². The van der Waals surface area contributed by atoms with Gasteiger partial charge in [0.1, 0.15) is 11.9 Å². The summed E-state index contributed by atoms with van der Waals surface area (Å²) in [5.74, 6) is 7.27. The van der Waals surface area contributed by atoms with Crippen LogP contribution in [0.4, 0.5) is 5.82 Å². The highest BCUT2D eigenvalue weighted by molar-refractivity contribution is 5.88. The molecule has 3 N–H and O–H groups in total. The summed E-state index contributed by atoms with van der Waals surface area (Å²) in [5, 5.41) is 25.3. The lowest BCUT2D eigenvalue weighted by Crippen LogP contribution is -2.36. The number of ketones is 1. The fourth-order valence-corrected chi connectivity index (χ4v) is 6.31. The van der Waals surface area contributed by atoms with E-state index in [1.807, 2.05) is 48.5 Å². The molecule has 7 atom stereocenters. The number of anilines is 1. The van der Waals surface area contributed by atoms with Gasteiger partial charge >= 0.3 is 0 Å². The first-order valence-corrected chi connectivity index (χ1v) is 13.0. The molecule has 2 heterocycles. The molecule has 3 aliphatic carbocycles. The summed E-state index contributed by atoms with van der Waals surface area (Å²) in [7, 11) is 0. The first-order chi connectivity index (χ1) is 18.5. The van der Waals surface area contributed by atoms with E-state index in [4.69, 9.17) is 9.97 Å². The van der Waals surface area contributed by atoms with Gasteiger partial charge in [0.05, 0.1) is 23.9 Å². The van der Waals surface area contributed by atoms with Crippen molar-refractivity contribution in [2.75, 3.05) is 5.32 Å². The Morgan fingerprint density at radius 1 is 1.05 bits per heavy atom. The zero-order chi connectivity index (χ0) is 26.0. The van der Waals surface area contributed by atoms with E-state index in [0.717, 1.165) is 12.0 Å². The number of benzene rings is 2. The number of nitrogens with zero attached hydrogens (tertiary/aromatic N) is 4. The van der Waals surface area contributed by atoms with Crippen molar-refractivity contribution < 1.29 is 15.0 Å². The number of hydrogen-bond donors (Lipinski definition) is 3. The van der Waals surface area contributed by atoms with Crippen molar-refractivity contribution in [2.24, 2.45) is 11.3 Å². The molecule has 38 heavy (non-hydrogen) atoms. The Morgan fingerprint density at radius 3 is 2.50 bits per heavy atom. The number of nitrogens with one attached hydrogen (secondary N) is 1. The summed E-state index contributed by atoms with van der Waals surface area (Å²) in [6.07, 6.45) is 0.962. The minimum absolute atomic E-state index is 0.0898. The van der Waals surface area contributed by atoms with Crippen LogP contribution in [0.25, 0.3) is 11.2 Å². The van der Waals surface area contributed by atoms with E-state index in [9.17, 15) is 15.0 Å². The van der Waals surface area contributed by atoms with Gasteiger partial charge in [-0.25, -0.2) is 15.0 Å². The zero-order valence-corrected chi connectivity index (χ0v) is 20.8. The number of hydrogen-bond acceptors (Lipinski definition) is 7. The standard InChI is InChI=1S/C30H27N5O3/c1-17(36)30-15-21(30)25(26(37)27(30)38)35-16-31-24-28(32-22-14-20(22)19-10-6-3-7-11-19)33-23(34-29(24)35)13-12-18-8-4-2-5-9-18/h2-11,16,20-22,25-27,37-38H,14-15H2,1H3,(H,32,33,34)/t20?,21?,22?,25-,26+,27?,30-/m1/s1. The van der Waals surface area contributed by atoms with Crippen molar-refractivity contribution in [3.05, 3.63) is 83.9 Å². The topological polar surface area (TPSA) is 113 Å². The average molecular weight is 506 g/mol. The predicted molar refractivity (Wildman–Crippen MR) is 141 cm³/mol. The third kappa shape index (κ3) is 3.54. The second kappa shape index (κ2) is 8.48. The molecule has 4 aromatic rings. The van der Waals surface area contributed by atoms with Crippen molar-refractivity contribution in [3.63, 3.8) is 0 Å². The quantitative estimate of drug-likeness (QED) is 0.357. The number of fused-ring (bicyclic) bond motifs is 2. The second-order valence-corrected chi connectivity index (χ2v) is 10.7. The minimum atomic E-state index is -1.11. The molecule has 0 aliphatic heterocycles. The molecule has 3 aliphatic rings. The van der Waals surface area contributed by atoms with Crippen molar-refractivity contribution in [3.8, 4) is 11.8 Å². The zero-order valence-electron chi connectivity index (χ0n) is 20.8. The Bertz CT molecular complexity index is 1610. The van der Waals surface area contributed by atoms with E-state index >= 15 is 0 Å². The normalized spacial score (nSPS) is 30.8. The lowest BCUT2D eigenvalue weighted by molar-refractivity contribution is -0.128. The molecule has 2 aromatic heterocycles. The van der Waals surface area contributed by atoms with E-state index < -0.39 is 23.7 Å². The molecule has 0 bridgehead atoms. The van der Waals surface area contributed by atoms with Gasteiger partial charge < -0.3 is 20.1 Å². The summed E-state index contributed by atoms with van der Waals surface area (Å²) in [6, 6.07) is 19.7. The predicted octanol–water partition coefficient (Wildman–Crippen LogP) is 3.07. The first kappa shape index (κ1) is 23.1. The second-order valence-electron chi connectivity index (χ2n) is 10.7. The van der Waals surface area contributed by atoms with Gasteiger partial charge in [-0.3, -0.25) is 4.79 Å². The molecule has 4 unspecified atom stereocenters. The number of Topliss-reactive ketones (excluding diaryl/α,β-unsaturated/α-hetero) is 1. The molecule has 3 saturated carbocycles. The molecular weight excluding hydrogens is 478 g/mol. The van der Waals surface area contributed by atoms with Gasteiger partial charge in [0, 0.05) is 17.5 Å². The van der Waals surface area contributed by atoms with Gasteiger partial charge in [-0.15, -0.1) is 0 Å². The van der Waals surface area contributed by atoms with Crippen molar-refractivity contribution in [1.29, 1.82) is 0 Å². The molecule has 7 rings (SSSR count). The van der Waals surface area contributed by atoms with Crippen LogP contribution in [0.5, 0.6) is 0 Å². The highest BCUT2D eigenvalue weighted by Gasteiger charge is 2.74. The van der Waals surface area contributed by atoms with Gasteiger partial charge in [0.2, 0.25) is 5.82 Å². The number of carbonyl (C=O) groups is 1. The number of aliphatic hydroxyl groups excluding tert-OH is 2. The van der Waals surface area contributed by atoms with E-state index in [1.165, 1.54) is 12.5 Å². The minimum Gasteiger partial charge on any atom is -0.389 e. The highest BCUT2D eigenvalue weighted by Crippen LogP contribution is 2.68. The largest absolute Gasteiger partial charge is 0.389 e. The maximum atomic E-state index is 12.4. The Balaban J connectivity index is 1.28. The molecule has 0 radical (unpaired) electrons. The smallest absolute Gasteiger partial charge is 0.209 e. The molecule has 8 heteroatoms. The van der Waals surface area contributed by atoms with Crippen LogP contribution in [0.15, 0.2) is 67.0 Å². The van der Waals surface area contributed by atoms with Crippen LogP contribution in [0.3, 0.4) is 0 Å². The lowest BCUT2D eigenvalue weighted by atomic mass is 9.95. The summed E-state index contributed by atoms with van der Waals surface area (Å²) >= 11 is 0. The van der Waals surface area contributed by atoms with E-state index in [2.05, 4.69) is 34.3 Å². The number of rotatable bonds is 5. The molecular formula is C30H27N5O3. The molecule has 0 amide bonds. The van der Waals surface area contributed by atoms with E-state index in [-0.39, 0.29) is 17.7 Å². The lowest BCUT2D eigenvalue weighted by Gasteiger charge is -2.23. The number of aromatic nitrogens is 4. The summed E-state index contributed by atoms with van der Waals surface area (Å²) in [6.45, 7) is 1.49. The van der Waals surface area contributed by atoms with E-state index in [0.29, 0.717) is 35.1 Å². The van der Waals surface area contributed by atoms with Gasteiger partial charge in [0.15, 0.2) is 17.0 Å². The van der Waals surface area contributed by atoms with Crippen LogP contribution in [0, 0.1) is 23.2 Å². The first-order valence-electron chi connectivity index (χ1n) is 13.0. The van der Waals surface area contributed by atoms with Gasteiger partial charge in [-0.2, -0.15) is 0 Å². The Morgan fingerprint density at radius 2 is 1.79 bits per heavy atom. The van der Waals surface area contributed by atoms with Crippen LogP contribution in [-0.2, 0) is 4.79 Å². The fourth-order valence-electron chi connectivity index (χ4n) is 6.31. The van der Waals surface area contributed by atoms with Crippen molar-refractivity contribution in [1.82, 2.24) is 19.5 Å². The number of imidazole rings is 1. The Hall–Kier alpha value is -4.06. The Labute approximate surface area is 219 Å². The third-order valence-corrected chi connectivity index (χ3v) is 8.50. The molecule has 8 nitrogen and oxygen atoms in total. The molecule has 0 spiro atoms. The number of carbonyl (C=O) groups excluding carboxylic acids is 1. The highest BCUT2D eigenvalue weighted by atomic mass is 16.3. The van der Waals surface area contributed by atoms with Gasteiger partial charge in [-0.1, -0.05) is 54.5 Å². The van der Waals surface area contributed by atoms with Crippen molar-refractivity contribution >= 4 is 22.8 Å². The van der Waals surface area contributed by atoms with E-state index in [1.54, 1.807) is 10.9 Å². The molecule has 0 saturated heterocycles. The maximum absolute atomic E-state index is 12.4. The van der Waals surface area contributed by atoms with Crippen LogP contribution < -0.4 is 5.32 Å². The van der Waals surface area contributed by atoms with Gasteiger partial charge in [0.25, 0.3) is 0 Å². The number of aliphatic hydroxyl groups is 2. The summed E-state index contributed by atoms with van der Waals surface area (Å²) in [4.78, 5) is 26.5. The van der Waals surface area contributed by atoms with Crippen LogP contribution in [0.2, 0.25) is 0 Å². The average Bonchev–Trinajstić information content (AvgIpc) is 3.82. The molecule has 190 valence electrons. The maximum Gasteiger partial charge on any atom is 0.209 e. The van der Waals surface area contributed by atoms with Crippen LogP contribution in [0.1, 0.15) is 48.7 Å². The monoisotopic (exact) mass is 505 g/mol. The van der Waals surface area contributed by atoms with Gasteiger partial charge in [-0.05, 0) is 49.3 Å². The molecule has 3 fully saturated rings. The molecule has 2 aromatic carbocycles. The van der Waals surface area contributed by atoms with Crippen LogP contribution >= 0.6 is 0 Å². The SMILES string of the molecule is CC(=O)[C@]12CC1[C@@H](n1cnc3c(NC4CC4c4ccccc4)nc(C#Cc4ccccc4)nc31)[C@H](O)C2O. The summed E-state index contributed by atoms with van der Waals surface area (Å²) < 4.78 is 1.80. The summed E-state index contributed by atoms with van der Waals surface area (Å²) in [5.41, 5.74) is 2.35. The Kier molecular flexibility index (Phi) is 5.15.